The lowest BCUT2D eigenvalue weighted by Gasteiger charge is -2.39. The number of rotatable bonds is 1. The Hall–Kier alpha value is -1.54. The van der Waals surface area contributed by atoms with Crippen LogP contribution in [0.1, 0.15) is 20.8 Å². The number of hydrogen-bond acceptors (Lipinski definition) is 1. The van der Waals surface area contributed by atoms with Crippen LogP contribution in [-0.2, 0) is 0 Å². The van der Waals surface area contributed by atoms with E-state index in [9.17, 15) is 0 Å². The SMILES string of the molecule is CC(C)(C)[Si]1(c2ccccc2)Oc2cccc1c2. The molecule has 0 aromatic heterocycles. The molecule has 0 fully saturated rings. The molecular weight excluding hydrogens is 236 g/mol. The van der Waals surface area contributed by atoms with Crippen molar-refractivity contribution >= 4 is 18.7 Å². The molecule has 1 heterocycles. The third-order valence-corrected chi connectivity index (χ3v) is 8.67. The summed E-state index contributed by atoms with van der Waals surface area (Å²) in [6, 6.07) is 19.3. The van der Waals surface area contributed by atoms with E-state index < -0.39 is 8.32 Å². The van der Waals surface area contributed by atoms with E-state index in [1.165, 1.54) is 10.4 Å². The standard InChI is InChI=1S/C16H18OSi/c1-16(2,3)18(14-9-5-4-6-10-14)15-11-7-8-13(12-15)17-18/h4-12H,1-3H3. The first-order valence-electron chi connectivity index (χ1n) is 6.39. The maximum absolute atomic E-state index is 6.47. The van der Waals surface area contributed by atoms with E-state index in [1.807, 2.05) is 0 Å². The monoisotopic (exact) mass is 254 g/mol. The van der Waals surface area contributed by atoms with Crippen LogP contribution in [0.2, 0.25) is 5.04 Å². The molecule has 0 spiro atoms. The van der Waals surface area contributed by atoms with E-state index in [0.29, 0.717) is 0 Å². The fourth-order valence-corrected chi connectivity index (χ4v) is 7.36. The predicted octanol–water partition coefficient (Wildman–Crippen LogP) is 2.94. The molecule has 1 aliphatic heterocycles. The summed E-state index contributed by atoms with van der Waals surface area (Å²) in [5.41, 5.74) is 0. The summed E-state index contributed by atoms with van der Waals surface area (Å²) in [7, 11) is -2.13. The molecule has 0 radical (unpaired) electrons. The first kappa shape index (κ1) is 11.5. The molecular formula is C16H18OSi. The number of hydrogen-bond donors (Lipinski definition) is 0. The highest BCUT2D eigenvalue weighted by Gasteiger charge is 2.54. The van der Waals surface area contributed by atoms with Gasteiger partial charge >= 0.3 is 8.32 Å². The van der Waals surface area contributed by atoms with Gasteiger partial charge in [0.15, 0.2) is 0 Å². The normalized spacial score (nSPS) is 21.7. The quantitative estimate of drug-likeness (QED) is 0.711. The molecule has 3 rings (SSSR count). The van der Waals surface area contributed by atoms with Gasteiger partial charge in [0, 0.05) is 0 Å². The Morgan fingerprint density at radius 2 is 1.50 bits per heavy atom. The Kier molecular flexibility index (Phi) is 2.39. The van der Waals surface area contributed by atoms with Crippen LogP contribution in [0, 0.1) is 0 Å². The first-order chi connectivity index (χ1) is 8.54. The minimum atomic E-state index is -2.13. The first-order valence-corrected chi connectivity index (χ1v) is 8.30. The third kappa shape index (κ3) is 1.45. The second-order valence-electron chi connectivity index (χ2n) is 5.93. The zero-order chi connectivity index (χ0) is 12.8. The molecule has 2 aromatic carbocycles. The summed E-state index contributed by atoms with van der Waals surface area (Å²) in [6.07, 6.45) is 0. The fourth-order valence-electron chi connectivity index (χ4n) is 2.93. The Labute approximate surface area is 110 Å². The third-order valence-electron chi connectivity index (χ3n) is 3.75. The van der Waals surface area contributed by atoms with Gasteiger partial charge in [-0.05, 0) is 27.5 Å². The average Bonchev–Trinajstić information content (AvgIpc) is 2.62. The lowest BCUT2D eigenvalue weighted by molar-refractivity contribution is 0.520. The van der Waals surface area contributed by atoms with Crippen molar-refractivity contribution in [3.8, 4) is 5.75 Å². The minimum absolute atomic E-state index is 0.129. The van der Waals surface area contributed by atoms with Crippen molar-refractivity contribution in [1.82, 2.24) is 0 Å². The molecule has 18 heavy (non-hydrogen) atoms. The van der Waals surface area contributed by atoms with Gasteiger partial charge in [-0.3, -0.25) is 0 Å². The van der Waals surface area contributed by atoms with Crippen LogP contribution in [0.3, 0.4) is 0 Å². The smallest absolute Gasteiger partial charge is 0.320 e. The van der Waals surface area contributed by atoms with Crippen LogP contribution in [0.4, 0.5) is 0 Å². The molecule has 0 saturated carbocycles. The Balaban J connectivity index is 2.25. The van der Waals surface area contributed by atoms with Crippen LogP contribution < -0.4 is 14.8 Å². The predicted molar refractivity (Wildman–Crippen MR) is 78.2 cm³/mol. The van der Waals surface area contributed by atoms with Gasteiger partial charge < -0.3 is 4.43 Å². The van der Waals surface area contributed by atoms with Crippen molar-refractivity contribution in [3.05, 3.63) is 54.6 Å². The van der Waals surface area contributed by atoms with Crippen molar-refractivity contribution in [3.63, 3.8) is 0 Å². The summed E-state index contributed by atoms with van der Waals surface area (Å²) < 4.78 is 6.47. The van der Waals surface area contributed by atoms with Crippen molar-refractivity contribution < 1.29 is 4.43 Å². The minimum Gasteiger partial charge on any atom is -0.534 e. The van der Waals surface area contributed by atoms with Crippen molar-refractivity contribution in [2.45, 2.75) is 25.8 Å². The average molecular weight is 254 g/mol. The van der Waals surface area contributed by atoms with Crippen LogP contribution in [0.5, 0.6) is 5.75 Å². The molecule has 1 nitrogen and oxygen atoms in total. The Bertz CT molecular complexity index is 571. The van der Waals surface area contributed by atoms with Gasteiger partial charge in [0.05, 0.1) is 0 Å². The second kappa shape index (κ2) is 3.72. The summed E-state index contributed by atoms with van der Waals surface area (Å²) >= 11 is 0. The maximum Gasteiger partial charge on any atom is 0.320 e. The van der Waals surface area contributed by atoms with Crippen LogP contribution in [0.25, 0.3) is 0 Å². The summed E-state index contributed by atoms with van der Waals surface area (Å²) in [5.74, 6) is 1.03. The molecule has 1 aliphatic rings. The van der Waals surface area contributed by atoms with E-state index in [1.54, 1.807) is 0 Å². The molecule has 92 valence electrons. The lowest BCUT2D eigenvalue weighted by atomic mass is 10.2. The van der Waals surface area contributed by atoms with Gasteiger partial charge in [-0.2, -0.15) is 0 Å². The summed E-state index contributed by atoms with van der Waals surface area (Å²) in [5, 5.41) is 2.88. The van der Waals surface area contributed by atoms with Crippen molar-refractivity contribution in [2.24, 2.45) is 0 Å². The lowest BCUT2D eigenvalue weighted by Crippen LogP contribution is -2.66. The van der Waals surface area contributed by atoms with Crippen molar-refractivity contribution in [2.75, 3.05) is 0 Å². The molecule has 0 N–H and O–H groups in total. The molecule has 0 saturated heterocycles. The summed E-state index contributed by atoms with van der Waals surface area (Å²) in [4.78, 5) is 0. The van der Waals surface area contributed by atoms with Crippen molar-refractivity contribution in [1.29, 1.82) is 0 Å². The molecule has 2 aromatic rings. The molecule has 0 amide bonds. The van der Waals surface area contributed by atoms with Gasteiger partial charge in [-0.1, -0.05) is 63.2 Å². The van der Waals surface area contributed by atoms with E-state index in [2.05, 4.69) is 75.4 Å². The molecule has 1 atom stereocenters. The molecule has 0 aliphatic carbocycles. The number of fused-ring (bicyclic) bond motifs is 2. The largest absolute Gasteiger partial charge is 0.534 e. The van der Waals surface area contributed by atoms with E-state index >= 15 is 0 Å². The topological polar surface area (TPSA) is 9.23 Å². The summed E-state index contributed by atoms with van der Waals surface area (Å²) in [6.45, 7) is 6.88. The highest BCUT2D eigenvalue weighted by Crippen LogP contribution is 2.40. The van der Waals surface area contributed by atoms with Gasteiger partial charge in [0.1, 0.15) is 5.75 Å². The zero-order valence-electron chi connectivity index (χ0n) is 11.1. The van der Waals surface area contributed by atoms with E-state index in [-0.39, 0.29) is 5.04 Å². The second-order valence-corrected chi connectivity index (χ2v) is 10.1. The highest BCUT2D eigenvalue weighted by atomic mass is 28.4. The zero-order valence-corrected chi connectivity index (χ0v) is 12.1. The molecule has 2 bridgehead atoms. The maximum atomic E-state index is 6.47. The van der Waals surface area contributed by atoms with E-state index in [4.69, 9.17) is 4.43 Å². The Morgan fingerprint density at radius 3 is 2.11 bits per heavy atom. The van der Waals surface area contributed by atoms with Gasteiger partial charge in [0.25, 0.3) is 0 Å². The van der Waals surface area contributed by atoms with Crippen LogP contribution in [-0.4, -0.2) is 8.32 Å². The molecule has 2 heteroatoms. The Morgan fingerprint density at radius 1 is 0.833 bits per heavy atom. The van der Waals surface area contributed by atoms with Gasteiger partial charge in [-0.25, -0.2) is 0 Å². The fraction of sp³-hybridized carbons (Fsp3) is 0.250. The van der Waals surface area contributed by atoms with Crippen LogP contribution in [0.15, 0.2) is 54.6 Å². The van der Waals surface area contributed by atoms with Gasteiger partial charge in [-0.15, -0.1) is 0 Å². The van der Waals surface area contributed by atoms with E-state index in [0.717, 1.165) is 5.75 Å². The molecule has 1 unspecified atom stereocenters. The number of benzene rings is 2. The van der Waals surface area contributed by atoms with Gasteiger partial charge in [0.2, 0.25) is 0 Å². The highest BCUT2D eigenvalue weighted by molar-refractivity contribution is 7.00. The van der Waals surface area contributed by atoms with Crippen LogP contribution >= 0.6 is 0 Å².